The van der Waals surface area contributed by atoms with E-state index in [-0.39, 0.29) is 37.1 Å². The second-order valence-electron chi connectivity index (χ2n) is 8.26. The molecule has 0 bridgehead atoms. The number of aromatic amines is 1. The first-order valence-electron chi connectivity index (χ1n) is 10.6. The van der Waals surface area contributed by atoms with Gasteiger partial charge in [-0.25, -0.2) is 13.8 Å². The normalized spacial score (nSPS) is 22.4. The van der Waals surface area contributed by atoms with E-state index in [0.717, 1.165) is 12.8 Å². The van der Waals surface area contributed by atoms with E-state index in [0.29, 0.717) is 17.1 Å². The van der Waals surface area contributed by atoms with Crippen LogP contribution in [0.3, 0.4) is 0 Å². The second-order valence-corrected chi connectivity index (χ2v) is 8.26. The number of nitrogens with zero attached hydrogens (tertiary/aromatic N) is 2. The summed E-state index contributed by atoms with van der Waals surface area (Å²) in [5, 5.41) is 2.75. The Balaban J connectivity index is 1.38. The van der Waals surface area contributed by atoms with Crippen LogP contribution in [0.2, 0.25) is 0 Å². The van der Waals surface area contributed by atoms with E-state index in [1.165, 1.54) is 24.8 Å². The molecule has 2 aromatic heterocycles. The molecule has 3 heterocycles. The summed E-state index contributed by atoms with van der Waals surface area (Å²) in [7, 11) is 0. The molecule has 2 fully saturated rings. The molecule has 1 aliphatic carbocycles. The molecule has 7 nitrogen and oxygen atoms in total. The number of H-pyrrole nitrogens is 1. The van der Waals surface area contributed by atoms with Crippen molar-refractivity contribution in [2.75, 3.05) is 18.4 Å². The summed E-state index contributed by atoms with van der Waals surface area (Å²) in [4.78, 5) is 32.4. The third-order valence-corrected chi connectivity index (χ3v) is 6.14. The van der Waals surface area contributed by atoms with Crippen molar-refractivity contribution in [3.8, 4) is 5.75 Å². The van der Waals surface area contributed by atoms with Crippen molar-refractivity contribution in [3.63, 3.8) is 0 Å². The van der Waals surface area contributed by atoms with Gasteiger partial charge in [-0.05, 0) is 43.9 Å². The molecule has 1 saturated heterocycles. The van der Waals surface area contributed by atoms with E-state index in [4.69, 9.17) is 4.74 Å². The van der Waals surface area contributed by atoms with Gasteiger partial charge in [0, 0.05) is 31.8 Å². The van der Waals surface area contributed by atoms with Crippen LogP contribution in [-0.2, 0) is 4.79 Å². The first-order chi connectivity index (χ1) is 14.8. The predicted molar refractivity (Wildman–Crippen MR) is 112 cm³/mol. The standard InChI is InChI=1S/C22H26F2N4O3/c1-14(21(30)27-19-7-6-17(12-25-19)31-16-3-2-4-16)28-10-9-22(23,24)18(13-28)15-5-8-20(29)26-11-15/h5-8,11-12,14,16,18H,2-4,9-10,13H2,1H3,(H,26,29)(H,25,27,30). The maximum Gasteiger partial charge on any atom is 0.257 e. The lowest BCUT2D eigenvalue weighted by atomic mass is 9.87. The quantitative estimate of drug-likeness (QED) is 0.732. The average Bonchev–Trinajstić information content (AvgIpc) is 2.72. The minimum absolute atomic E-state index is 0.00915. The number of piperidine rings is 1. The van der Waals surface area contributed by atoms with Gasteiger partial charge in [0.15, 0.2) is 0 Å². The van der Waals surface area contributed by atoms with Gasteiger partial charge in [-0.2, -0.15) is 0 Å². The van der Waals surface area contributed by atoms with Gasteiger partial charge in [-0.3, -0.25) is 14.5 Å². The van der Waals surface area contributed by atoms with Crippen LogP contribution in [0.25, 0.3) is 0 Å². The smallest absolute Gasteiger partial charge is 0.257 e. The number of ether oxygens (including phenoxy) is 1. The summed E-state index contributed by atoms with van der Waals surface area (Å²) < 4.78 is 34.9. The lowest BCUT2D eigenvalue weighted by Crippen LogP contribution is -2.52. The van der Waals surface area contributed by atoms with Crippen LogP contribution in [0.5, 0.6) is 5.75 Å². The van der Waals surface area contributed by atoms with Crippen molar-refractivity contribution >= 4 is 11.7 Å². The third-order valence-electron chi connectivity index (χ3n) is 6.14. The lowest BCUT2D eigenvalue weighted by Gasteiger charge is -2.40. The Morgan fingerprint density at radius 2 is 2.13 bits per heavy atom. The van der Waals surface area contributed by atoms with Crippen LogP contribution < -0.4 is 15.6 Å². The number of likely N-dealkylation sites (tertiary alicyclic amines) is 1. The number of hydrogen-bond donors (Lipinski definition) is 2. The summed E-state index contributed by atoms with van der Waals surface area (Å²) in [6, 6.07) is 5.48. The number of carbonyl (C=O) groups excluding carboxylic acids is 1. The van der Waals surface area contributed by atoms with Gasteiger partial charge < -0.3 is 15.0 Å². The maximum atomic E-state index is 14.6. The number of aromatic nitrogens is 2. The molecular formula is C22H26F2N4O3. The van der Waals surface area contributed by atoms with Gasteiger partial charge in [0.1, 0.15) is 11.6 Å². The number of hydrogen-bond acceptors (Lipinski definition) is 5. The van der Waals surface area contributed by atoms with Crippen molar-refractivity contribution in [3.05, 3.63) is 52.6 Å². The molecular weight excluding hydrogens is 406 g/mol. The van der Waals surface area contributed by atoms with Gasteiger partial charge in [-0.1, -0.05) is 6.07 Å². The molecule has 0 aromatic carbocycles. The highest BCUT2D eigenvalue weighted by Gasteiger charge is 2.46. The molecule has 0 spiro atoms. The average molecular weight is 432 g/mol. The highest BCUT2D eigenvalue weighted by atomic mass is 19.3. The fraction of sp³-hybridized carbons (Fsp3) is 0.500. The van der Waals surface area contributed by atoms with Crippen molar-refractivity contribution in [2.24, 2.45) is 0 Å². The van der Waals surface area contributed by atoms with Crippen LogP contribution in [0, 0.1) is 0 Å². The summed E-state index contributed by atoms with van der Waals surface area (Å²) in [5.74, 6) is -3.28. The largest absolute Gasteiger partial charge is 0.489 e. The Hall–Kier alpha value is -2.81. The number of pyridine rings is 2. The number of alkyl halides is 2. The Bertz CT molecular complexity index is 955. The number of carbonyl (C=O) groups is 1. The molecule has 4 rings (SSSR count). The molecule has 31 heavy (non-hydrogen) atoms. The van der Waals surface area contributed by atoms with Crippen LogP contribution in [-0.4, -0.2) is 51.9 Å². The maximum absolute atomic E-state index is 14.6. The fourth-order valence-electron chi connectivity index (χ4n) is 3.87. The zero-order valence-electron chi connectivity index (χ0n) is 17.3. The fourth-order valence-corrected chi connectivity index (χ4v) is 3.87. The molecule has 0 radical (unpaired) electrons. The molecule has 1 amide bonds. The van der Waals surface area contributed by atoms with Gasteiger partial charge in [-0.15, -0.1) is 0 Å². The zero-order chi connectivity index (χ0) is 22.0. The lowest BCUT2D eigenvalue weighted by molar-refractivity contribution is -0.125. The van der Waals surface area contributed by atoms with E-state index in [9.17, 15) is 18.4 Å². The minimum Gasteiger partial charge on any atom is -0.489 e. The van der Waals surface area contributed by atoms with Gasteiger partial charge in [0.25, 0.3) is 5.92 Å². The van der Waals surface area contributed by atoms with Crippen LogP contribution in [0.4, 0.5) is 14.6 Å². The molecule has 2 N–H and O–H groups in total. The molecule has 9 heteroatoms. The monoisotopic (exact) mass is 432 g/mol. The van der Waals surface area contributed by atoms with Crippen molar-refractivity contribution < 1.29 is 18.3 Å². The van der Waals surface area contributed by atoms with E-state index in [1.807, 2.05) is 0 Å². The molecule has 2 atom stereocenters. The highest BCUT2D eigenvalue weighted by Crippen LogP contribution is 2.40. The summed E-state index contributed by atoms with van der Waals surface area (Å²) >= 11 is 0. The second kappa shape index (κ2) is 8.74. The minimum atomic E-state index is -2.91. The third kappa shape index (κ3) is 4.92. The van der Waals surface area contributed by atoms with Crippen molar-refractivity contribution in [1.82, 2.24) is 14.9 Å². The number of amides is 1. The highest BCUT2D eigenvalue weighted by molar-refractivity contribution is 5.93. The Morgan fingerprint density at radius 1 is 1.32 bits per heavy atom. The molecule has 2 aliphatic rings. The van der Waals surface area contributed by atoms with Crippen molar-refractivity contribution in [1.29, 1.82) is 0 Å². The van der Waals surface area contributed by atoms with E-state index < -0.39 is 17.9 Å². The Kier molecular flexibility index (Phi) is 6.04. The van der Waals surface area contributed by atoms with E-state index >= 15 is 0 Å². The SMILES string of the molecule is CC(C(=O)Nc1ccc(OC2CCC2)cn1)N1CCC(F)(F)C(c2ccc(=O)[nH]c2)C1. The van der Waals surface area contributed by atoms with Gasteiger partial charge >= 0.3 is 0 Å². The van der Waals surface area contributed by atoms with Crippen molar-refractivity contribution in [2.45, 2.75) is 56.6 Å². The molecule has 2 aromatic rings. The summed E-state index contributed by atoms with van der Waals surface area (Å²) in [6.07, 6.45) is 6.05. The van der Waals surface area contributed by atoms with Crippen LogP contribution in [0.1, 0.15) is 44.1 Å². The van der Waals surface area contributed by atoms with Crippen LogP contribution in [0.15, 0.2) is 41.5 Å². The Labute approximate surface area is 178 Å². The first kappa shape index (κ1) is 21.4. The van der Waals surface area contributed by atoms with E-state index in [2.05, 4.69) is 15.3 Å². The van der Waals surface area contributed by atoms with Gasteiger partial charge in [0.05, 0.1) is 24.3 Å². The molecule has 166 valence electrons. The molecule has 2 unspecified atom stereocenters. The Morgan fingerprint density at radius 3 is 2.74 bits per heavy atom. The molecule has 1 saturated carbocycles. The number of nitrogens with one attached hydrogen (secondary N) is 2. The summed E-state index contributed by atoms with van der Waals surface area (Å²) in [5.41, 5.74) is 0.00899. The number of rotatable bonds is 6. The predicted octanol–water partition coefficient (Wildman–Crippen LogP) is 3.15. The number of halogens is 2. The van der Waals surface area contributed by atoms with Crippen LogP contribution >= 0.6 is 0 Å². The topological polar surface area (TPSA) is 87.3 Å². The van der Waals surface area contributed by atoms with E-state index in [1.54, 1.807) is 30.2 Å². The van der Waals surface area contributed by atoms with Gasteiger partial charge in [0.2, 0.25) is 11.5 Å². The summed E-state index contributed by atoms with van der Waals surface area (Å²) in [6.45, 7) is 1.80. The number of anilines is 1. The first-order valence-corrected chi connectivity index (χ1v) is 10.6. The molecule has 1 aliphatic heterocycles. The zero-order valence-corrected chi connectivity index (χ0v) is 17.3.